The van der Waals surface area contributed by atoms with E-state index in [2.05, 4.69) is 23.8 Å². The summed E-state index contributed by atoms with van der Waals surface area (Å²) in [6.45, 7) is 4.12. The standard InChI is InChI=1S/C14H22N2OS/c1-11(18-3)8-9-16-10-12-4-6-13(7-5-12)14(17)15-2/h4-7,11,16H,8-10H2,1-3H3,(H,15,17). The monoisotopic (exact) mass is 266 g/mol. The molecular formula is C14H22N2OS. The Kier molecular flexibility index (Phi) is 6.83. The molecule has 1 aromatic rings. The minimum Gasteiger partial charge on any atom is -0.355 e. The van der Waals surface area contributed by atoms with Crippen molar-refractivity contribution in [1.29, 1.82) is 0 Å². The van der Waals surface area contributed by atoms with Crippen molar-refractivity contribution < 1.29 is 4.79 Å². The first-order valence-electron chi connectivity index (χ1n) is 6.22. The number of nitrogens with one attached hydrogen (secondary N) is 2. The molecule has 4 heteroatoms. The Morgan fingerprint density at radius 2 is 2.00 bits per heavy atom. The number of hydrogen-bond acceptors (Lipinski definition) is 3. The van der Waals surface area contributed by atoms with Gasteiger partial charge in [-0.3, -0.25) is 4.79 Å². The molecule has 0 radical (unpaired) electrons. The van der Waals surface area contributed by atoms with Crippen molar-refractivity contribution in [3.05, 3.63) is 35.4 Å². The SMILES string of the molecule is CNC(=O)c1ccc(CNCCC(C)SC)cc1. The highest BCUT2D eigenvalue weighted by Crippen LogP contribution is 2.08. The summed E-state index contributed by atoms with van der Waals surface area (Å²) < 4.78 is 0. The van der Waals surface area contributed by atoms with Crippen molar-refractivity contribution in [3.63, 3.8) is 0 Å². The molecule has 0 aliphatic carbocycles. The Labute approximate surface area is 114 Å². The molecule has 0 fully saturated rings. The Morgan fingerprint density at radius 1 is 1.33 bits per heavy atom. The fourth-order valence-corrected chi connectivity index (χ4v) is 1.93. The first kappa shape index (κ1) is 15.1. The van der Waals surface area contributed by atoms with Gasteiger partial charge in [0.2, 0.25) is 0 Å². The largest absolute Gasteiger partial charge is 0.355 e. The van der Waals surface area contributed by atoms with Crippen LogP contribution in [0.4, 0.5) is 0 Å². The molecule has 3 nitrogen and oxygen atoms in total. The predicted molar refractivity (Wildman–Crippen MR) is 79.1 cm³/mol. The van der Waals surface area contributed by atoms with Gasteiger partial charge in [-0.05, 0) is 36.9 Å². The van der Waals surface area contributed by atoms with E-state index in [4.69, 9.17) is 0 Å². The van der Waals surface area contributed by atoms with E-state index in [1.165, 1.54) is 12.0 Å². The first-order chi connectivity index (χ1) is 8.67. The number of carbonyl (C=O) groups excluding carboxylic acids is 1. The van der Waals surface area contributed by atoms with E-state index >= 15 is 0 Å². The van der Waals surface area contributed by atoms with Crippen LogP contribution in [0.1, 0.15) is 29.3 Å². The number of benzene rings is 1. The molecule has 0 aliphatic rings. The van der Waals surface area contributed by atoms with Gasteiger partial charge in [0.1, 0.15) is 0 Å². The summed E-state index contributed by atoms with van der Waals surface area (Å²) in [6, 6.07) is 7.71. The molecule has 1 unspecified atom stereocenters. The fourth-order valence-electron chi connectivity index (χ4n) is 1.57. The lowest BCUT2D eigenvalue weighted by Crippen LogP contribution is -2.19. The first-order valence-corrected chi connectivity index (χ1v) is 7.50. The summed E-state index contributed by atoms with van der Waals surface area (Å²) in [7, 11) is 1.64. The van der Waals surface area contributed by atoms with E-state index in [9.17, 15) is 4.79 Å². The van der Waals surface area contributed by atoms with Crippen LogP contribution in [-0.2, 0) is 6.54 Å². The van der Waals surface area contributed by atoms with Gasteiger partial charge in [0, 0.05) is 24.4 Å². The van der Waals surface area contributed by atoms with Crippen LogP contribution < -0.4 is 10.6 Å². The van der Waals surface area contributed by atoms with Gasteiger partial charge in [0.15, 0.2) is 0 Å². The van der Waals surface area contributed by atoms with E-state index in [0.29, 0.717) is 10.8 Å². The zero-order chi connectivity index (χ0) is 13.4. The third-order valence-corrected chi connectivity index (χ3v) is 3.94. The van der Waals surface area contributed by atoms with Gasteiger partial charge in [-0.2, -0.15) is 11.8 Å². The van der Waals surface area contributed by atoms with Crippen LogP contribution in [0.5, 0.6) is 0 Å². The summed E-state index contributed by atoms with van der Waals surface area (Å²) in [5.74, 6) is -0.0386. The van der Waals surface area contributed by atoms with Crippen LogP contribution in [0.25, 0.3) is 0 Å². The van der Waals surface area contributed by atoms with Crippen LogP contribution in [-0.4, -0.2) is 31.0 Å². The third kappa shape index (κ3) is 5.10. The molecule has 0 aliphatic heterocycles. The lowest BCUT2D eigenvalue weighted by Gasteiger charge is -2.09. The maximum absolute atomic E-state index is 11.4. The number of amides is 1. The second kappa shape index (κ2) is 8.16. The lowest BCUT2D eigenvalue weighted by molar-refractivity contribution is 0.0963. The van der Waals surface area contributed by atoms with Gasteiger partial charge in [0.25, 0.3) is 5.91 Å². The van der Waals surface area contributed by atoms with E-state index in [-0.39, 0.29) is 5.91 Å². The number of hydrogen-bond donors (Lipinski definition) is 2. The minimum absolute atomic E-state index is 0.0386. The molecule has 18 heavy (non-hydrogen) atoms. The maximum atomic E-state index is 11.4. The Hall–Kier alpha value is -1.00. The maximum Gasteiger partial charge on any atom is 0.251 e. The highest BCUT2D eigenvalue weighted by molar-refractivity contribution is 7.99. The van der Waals surface area contributed by atoms with Gasteiger partial charge in [-0.25, -0.2) is 0 Å². The van der Waals surface area contributed by atoms with Crippen LogP contribution in [0.3, 0.4) is 0 Å². The molecule has 0 heterocycles. The van der Waals surface area contributed by atoms with E-state index in [1.54, 1.807) is 7.05 Å². The zero-order valence-corrected chi connectivity index (χ0v) is 12.1. The third-order valence-electron chi connectivity index (χ3n) is 2.90. The summed E-state index contributed by atoms with van der Waals surface area (Å²) in [5.41, 5.74) is 1.91. The quantitative estimate of drug-likeness (QED) is 0.744. The topological polar surface area (TPSA) is 41.1 Å². The van der Waals surface area contributed by atoms with Crippen molar-refractivity contribution in [3.8, 4) is 0 Å². The summed E-state index contributed by atoms with van der Waals surface area (Å²) in [5, 5.41) is 6.73. The average molecular weight is 266 g/mol. The highest BCUT2D eigenvalue weighted by Gasteiger charge is 2.02. The fraction of sp³-hybridized carbons (Fsp3) is 0.500. The zero-order valence-electron chi connectivity index (χ0n) is 11.3. The van der Waals surface area contributed by atoms with Crippen molar-refractivity contribution in [1.82, 2.24) is 10.6 Å². The van der Waals surface area contributed by atoms with Crippen LogP contribution in [0.2, 0.25) is 0 Å². The van der Waals surface area contributed by atoms with E-state index in [0.717, 1.165) is 13.1 Å². The van der Waals surface area contributed by atoms with Gasteiger partial charge >= 0.3 is 0 Å². The molecule has 1 rings (SSSR count). The molecule has 1 aromatic carbocycles. The van der Waals surface area contributed by atoms with Crippen LogP contribution >= 0.6 is 11.8 Å². The van der Waals surface area contributed by atoms with Gasteiger partial charge < -0.3 is 10.6 Å². The number of carbonyl (C=O) groups is 1. The van der Waals surface area contributed by atoms with E-state index < -0.39 is 0 Å². The van der Waals surface area contributed by atoms with Crippen molar-refractivity contribution in [2.24, 2.45) is 0 Å². The molecule has 0 aromatic heterocycles. The molecule has 0 spiro atoms. The lowest BCUT2D eigenvalue weighted by atomic mass is 10.1. The predicted octanol–water partition coefficient (Wildman–Crippen LogP) is 2.28. The normalized spacial score (nSPS) is 12.2. The average Bonchev–Trinajstić information content (AvgIpc) is 2.43. The molecule has 0 saturated heterocycles. The number of rotatable bonds is 7. The molecule has 1 amide bonds. The smallest absolute Gasteiger partial charge is 0.251 e. The molecule has 0 bridgehead atoms. The molecule has 100 valence electrons. The Bertz CT molecular complexity index is 365. The second-order valence-electron chi connectivity index (χ2n) is 4.29. The molecule has 0 saturated carbocycles. The van der Waals surface area contributed by atoms with Gasteiger partial charge in [-0.1, -0.05) is 19.1 Å². The highest BCUT2D eigenvalue weighted by atomic mass is 32.2. The summed E-state index contributed by atoms with van der Waals surface area (Å²) in [6.07, 6.45) is 3.32. The second-order valence-corrected chi connectivity index (χ2v) is 5.56. The minimum atomic E-state index is -0.0386. The molecule has 1 atom stereocenters. The van der Waals surface area contributed by atoms with Crippen LogP contribution in [0, 0.1) is 0 Å². The Balaban J connectivity index is 2.33. The number of thioether (sulfide) groups is 1. The summed E-state index contributed by atoms with van der Waals surface area (Å²) in [4.78, 5) is 11.4. The van der Waals surface area contributed by atoms with Crippen LogP contribution in [0.15, 0.2) is 24.3 Å². The van der Waals surface area contributed by atoms with E-state index in [1.807, 2.05) is 36.0 Å². The van der Waals surface area contributed by atoms with Gasteiger partial charge in [-0.15, -0.1) is 0 Å². The molecule has 2 N–H and O–H groups in total. The van der Waals surface area contributed by atoms with Gasteiger partial charge in [0.05, 0.1) is 0 Å². The van der Waals surface area contributed by atoms with Crippen molar-refractivity contribution in [2.45, 2.75) is 25.1 Å². The molecular weight excluding hydrogens is 244 g/mol. The Morgan fingerprint density at radius 3 is 2.56 bits per heavy atom. The van der Waals surface area contributed by atoms with Crippen molar-refractivity contribution in [2.75, 3.05) is 19.8 Å². The van der Waals surface area contributed by atoms with Crippen molar-refractivity contribution >= 4 is 17.7 Å². The summed E-state index contributed by atoms with van der Waals surface area (Å²) >= 11 is 1.89.